The molecule has 6 heteroatoms. The maximum Gasteiger partial charge on any atom is 0.246 e. The van der Waals surface area contributed by atoms with Crippen LogP contribution in [0.15, 0.2) is 9.90 Å². The molecule has 3 rings (SSSR count). The quantitative estimate of drug-likeness (QED) is 0.941. The summed E-state index contributed by atoms with van der Waals surface area (Å²) in [6, 6.07) is 0. The Morgan fingerprint density at radius 1 is 1.50 bits per heavy atom. The van der Waals surface area contributed by atoms with Crippen molar-refractivity contribution in [3.05, 3.63) is 27.8 Å². The van der Waals surface area contributed by atoms with Gasteiger partial charge in [0.2, 0.25) is 5.89 Å². The maximum atomic E-state index is 6.47. The highest BCUT2D eigenvalue weighted by molar-refractivity contribution is 7.09. The van der Waals surface area contributed by atoms with Crippen LogP contribution in [0.3, 0.4) is 0 Å². The first kappa shape index (κ1) is 13.7. The number of aryl methyl sites for hydroxylation is 1. The van der Waals surface area contributed by atoms with E-state index in [9.17, 15) is 0 Å². The topological polar surface area (TPSA) is 77.8 Å². The second-order valence-corrected chi connectivity index (χ2v) is 6.88. The van der Waals surface area contributed by atoms with E-state index >= 15 is 0 Å². The van der Waals surface area contributed by atoms with Crippen LogP contribution in [0.25, 0.3) is 0 Å². The van der Waals surface area contributed by atoms with Gasteiger partial charge in [-0.1, -0.05) is 24.9 Å². The molecule has 0 aromatic carbocycles. The summed E-state index contributed by atoms with van der Waals surface area (Å²) in [5.74, 6) is 1.88. The summed E-state index contributed by atoms with van der Waals surface area (Å²) in [5.41, 5.74) is 7.06. The average Bonchev–Trinajstić information content (AvgIpc) is 2.99. The van der Waals surface area contributed by atoms with E-state index in [0.717, 1.165) is 30.0 Å². The normalized spacial score (nSPS) is 26.9. The van der Waals surface area contributed by atoms with Gasteiger partial charge >= 0.3 is 0 Å². The van der Waals surface area contributed by atoms with Crippen molar-refractivity contribution < 1.29 is 4.52 Å². The summed E-state index contributed by atoms with van der Waals surface area (Å²) in [4.78, 5) is 8.93. The van der Waals surface area contributed by atoms with E-state index in [1.54, 1.807) is 11.3 Å². The molecule has 20 heavy (non-hydrogen) atoms. The van der Waals surface area contributed by atoms with Gasteiger partial charge in [0, 0.05) is 11.1 Å². The van der Waals surface area contributed by atoms with Gasteiger partial charge in [-0.3, -0.25) is 0 Å². The fourth-order valence-corrected chi connectivity index (χ4v) is 3.70. The van der Waals surface area contributed by atoms with Gasteiger partial charge in [0.1, 0.15) is 5.01 Å². The minimum absolute atomic E-state index is 0.443. The van der Waals surface area contributed by atoms with E-state index in [2.05, 4.69) is 22.0 Å². The lowest BCUT2D eigenvalue weighted by atomic mass is 9.77. The molecule has 2 unspecified atom stereocenters. The van der Waals surface area contributed by atoms with Crippen LogP contribution in [-0.4, -0.2) is 15.1 Å². The van der Waals surface area contributed by atoms with E-state index in [0.29, 0.717) is 24.1 Å². The molecule has 1 fully saturated rings. The first-order valence-electron chi connectivity index (χ1n) is 7.08. The van der Waals surface area contributed by atoms with Gasteiger partial charge in [-0.2, -0.15) is 4.98 Å². The molecule has 0 saturated heterocycles. The van der Waals surface area contributed by atoms with Crippen molar-refractivity contribution in [3.63, 3.8) is 0 Å². The summed E-state index contributed by atoms with van der Waals surface area (Å²) >= 11 is 1.62. The standard InChI is InChI=1S/C14H20N4OS/c1-9-4-3-5-14(15,7-9)13-17-11(18-19-13)6-12-16-10(2)8-20-12/h8-9H,3-7,15H2,1-2H3. The molecule has 2 atom stereocenters. The largest absolute Gasteiger partial charge is 0.337 e. The number of nitrogens with zero attached hydrogens (tertiary/aromatic N) is 3. The van der Waals surface area contributed by atoms with E-state index < -0.39 is 5.54 Å². The molecule has 5 nitrogen and oxygen atoms in total. The molecular weight excluding hydrogens is 272 g/mol. The molecule has 0 bridgehead atoms. The lowest BCUT2D eigenvalue weighted by molar-refractivity contribution is 0.183. The van der Waals surface area contributed by atoms with Crippen molar-refractivity contribution >= 4 is 11.3 Å². The van der Waals surface area contributed by atoms with Crippen molar-refractivity contribution in [3.8, 4) is 0 Å². The summed E-state index contributed by atoms with van der Waals surface area (Å²) in [7, 11) is 0. The van der Waals surface area contributed by atoms with E-state index in [4.69, 9.17) is 10.3 Å². The fourth-order valence-electron chi connectivity index (χ4n) is 2.93. The molecule has 2 N–H and O–H groups in total. The molecule has 1 saturated carbocycles. The highest BCUT2D eigenvalue weighted by atomic mass is 32.1. The van der Waals surface area contributed by atoms with Crippen molar-refractivity contribution in [2.45, 2.75) is 51.5 Å². The predicted octanol–water partition coefficient (Wildman–Crippen LogP) is 2.79. The zero-order valence-corrected chi connectivity index (χ0v) is 12.7. The zero-order chi connectivity index (χ0) is 14.2. The van der Waals surface area contributed by atoms with Gasteiger partial charge in [0.25, 0.3) is 0 Å². The first-order chi connectivity index (χ1) is 9.55. The monoisotopic (exact) mass is 292 g/mol. The maximum absolute atomic E-state index is 6.47. The molecule has 2 heterocycles. The van der Waals surface area contributed by atoms with E-state index in [-0.39, 0.29) is 0 Å². The van der Waals surface area contributed by atoms with Gasteiger partial charge < -0.3 is 10.3 Å². The summed E-state index contributed by atoms with van der Waals surface area (Å²) < 4.78 is 5.43. The van der Waals surface area contributed by atoms with Crippen LogP contribution in [0.1, 0.15) is 55.0 Å². The van der Waals surface area contributed by atoms with Crippen molar-refractivity contribution in [2.24, 2.45) is 11.7 Å². The number of aromatic nitrogens is 3. The molecular formula is C14H20N4OS. The predicted molar refractivity (Wildman–Crippen MR) is 77.5 cm³/mol. The Hall–Kier alpha value is -1.27. The third-order valence-electron chi connectivity index (χ3n) is 3.90. The highest BCUT2D eigenvalue weighted by Crippen LogP contribution is 2.37. The SMILES string of the molecule is Cc1csc(Cc2noc(C3(N)CCCC(C)C3)n2)n1. The fraction of sp³-hybridized carbons (Fsp3) is 0.643. The van der Waals surface area contributed by atoms with Gasteiger partial charge in [-0.05, 0) is 25.7 Å². The molecule has 2 aromatic heterocycles. The number of nitrogens with two attached hydrogens (primary N) is 1. The van der Waals surface area contributed by atoms with Crippen LogP contribution in [0.5, 0.6) is 0 Å². The molecule has 1 aliphatic rings. The van der Waals surface area contributed by atoms with Crippen LogP contribution in [0.2, 0.25) is 0 Å². The third-order valence-corrected chi connectivity index (χ3v) is 4.87. The second-order valence-electron chi connectivity index (χ2n) is 5.93. The lowest BCUT2D eigenvalue weighted by Crippen LogP contribution is -2.41. The van der Waals surface area contributed by atoms with E-state index in [1.807, 2.05) is 12.3 Å². The highest BCUT2D eigenvalue weighted by Gasteiger charge is 2.37. The molecule has 0 radical (unpaired) electrons. The number of hydrogen-bond donors (Lipinski definition) is 1. The Morgan fingerprint density at radius 2 is 2.35 bits per heavy atom. The van der Waals surface area contributed by atoms with Crippen LogP contribution < -0.4 is 5.73 Å². The minimum atomic E-state index is -0.443. The zero-order valence-electron chi connectivity index (χ0n) is 11.9. The van der Waals surface area contributed by atoms with Crippen LogP contribution in [-0.2, 0) is 12.0 Å². The summed E-state index contributed by atoms with van der Waals surface area (Å²) in [6.07, 6.45) is 4.83. The van der Waals surface area contributed by atoms with Gasteiger partial charge in [0.05, 0.1) is 12.0 Å². The third kappa shape index (κ3) is 2.76. The summed E-state index contributed by atoms with van der Waals surface area (Å²) in [6.45, 7) is 4.22. The average molecular weight is 292 g/mol. The van der Waals surface area contributed by atoms with Gasteiger partial charge in [-0.25, -0.2) is 4.98 Å². The van der Waals surface area contributed by atoms with Crippen LogP contribution >= 0.6 is 11.3 Å². The molecule has 0 spiro atoms. The molecule has 2 aromatic rings. The Morgan fingerprint density at radius 3 is 3.05 bits per heavy atom. The Labute approximate surface area is 122 Å². The Bertz CT molecular complexity index is 594. The Kier molecular flexibility index (Phi) is 3.60. The van der Waals surface area contributed by atoms with Gasteiger partial charge in [-0.15, -0.1) is 11.3 Å². The van der Waals surface area contributed by atoms with Crippen LogP contribution in [0, 0.1) is 12.8 Å². The molecule has 0 aliphatic heterocycles. The number of hydrogen-bond acceptors (Lipinski definition) is 6. The first-order valence-corrected chi connectivity index (χ1v) is 7.96. The Balaban J connectivity index is 1.76. The number of thiazole rings is 1. The second kappa shape index (κ2) is 5.26. The molecule has 108 valence electrons. The van der Waals surface area contributed by atoms with E-state index in [1.165, 1.54) is 6.42 Å². The minimum Gasteiger partial charge on any atom is -0.337 e. The number of rotatable bonds is 3. The van der Waals surface area contributed by atoms with Crippen molar-refractivity contribution in [1.29, 1.82) is 0 Å². The summed E-state index contributed by atoms with van der Waals surface area (Å²) in [5, 5.41) is 7.11. The molecule has 1 aliphatic carbocycles. The van der Waals surface area contributed by atoms with Crippen molar-refractivity contribution in [2.75, 3.05) is 0 Å². The lowest BCUT2D eigenvalue weighted by Gasteiger charge is -2.33. The van der Waals surface area contributed by atoms with Crippen molar-refractivity contribution in [1.82, 2.24) is 15.1 Å². The van der Waals surface area contributed by atoms with Crippen LogP contribution in [0.4, 0.5) is 0 Å². The molecule has 0 amide bonds. The van der Waals surface area contributed by atoms with Gasteiger partial charge in [0.15, 0.2) is 5.82 Å². The smallest absolute Gasteiger partial charge is 0.246 e.